The van der Waals surface area contributed by atoms with Gasteiger partial charge >= 0.3 is 0 Å². The van der Waals surface area contributed by atoms with Crippen LogP contribution in [0, 0.1) is 5.41 Å². The molecule has 0 aromatic heterocycles. The van der Waals surface area contributed by atoms with Crippen LogP contribution in [-0.4, -0.2) is 32.6 Å². The Morgan fingerprint density at radius 3 is 2.32 bits per heavy atom. The van der Waals surface area contributed by atoms with E-state index in [0.717, 1.165) is 12.8 Å². The van der Waals surface area contributed by atoms with Crippen LogP contribution in [0.2, 0.25) is 0 Å². The van der Waals surface area contributed by atoms with Crippen molar-refractivity contribution in [2.45, 2.75) is 25.7 Å². The number of carbonyl (C=O) groups is 2. The summed E-state index contributed by atoms with van der Waals surface area (Å²) >= 11 is 0. The Morgan fingerprint density at radius 2 is 1.68 bits per heavy atom. The summed E-state index contributed by atoms with van der Waals surface area (Å²) in [6.07, 6.45) is 2.86. The van der Waals surface area contributed by atoms with E-state index in [9.17, 15) is 9.59 Å². The molecule has 1 saturated carbocycles. The molecule has 0 radical (unpaired) electrons. The first-order chi connectivity index (χ1) is 13.6. The molecular weight excluding hydrogens is 356 g/mol. The molecule has 2 aromatic carbocycles. The predicted molar refractivity (Wildman–Crippen MR) is 108 cm³/mol. The first kappa shape index (κ1) is 19.7. The molecule has 1 aliphatic carbocycles. The van der Waals surface area contributed by atoms with Crippen molar-refractivity contribution in [3.63, 3.8) is 0 Å². The molecule has 3 rings (SSSR count). The molecule has 2 amide bonds. The van der Waals surface area contributed by atoms with Gasteiger partial charge < -0.3 is 20.1 Å². The molecule has 0 bridgehead atoms. The fraction of sp³-hybridized carbons (Fsp3) is 0.364. The van der Waals surface area contributed by atoms with E-state index in [0.29, 0.717) is 36.6 Å². The summed E-state index contributed by atoms with van der Waals surface area (Å²) in [6, 6.07) is 15.3. The molecule has 0 aliphatic heterocycles. The van der Waals surface area contributed by atoms with Crippen LogP contribution >= 0.6 is 0 Å². The lowest BCUT2D eigenvalue weighted by Gasteiger charge is -2.16. The molecule has 28 heavy (non-hydrogen) atoms. The van der Waals surface area contributed by atoms with Gasteiger partial charge in [-0.15, -0.1) is 0 Å². The van der Waals surface area contributed by atoms with E-state index < -0.39 is 5.41 Å². The first-order valence-corrected chi connectivity index (χ1v) is 9.45. The van der Waals surface area contributed by atoms with Crippen LogP contribution in [0.3, 0.4) is 0 Å². The molecular formula is C22H26N2O4. The number of nitrogens with one attached hydrogen (secondary N) is 2. The summed E-state index contributed by atoms with van der Waals surface area (Å²) in [5, 5.41) is 5.75. The Bertz CT molecular complexity index is 832. The number of amides is 2. The van der Waals surface area contributed by atoms with Crippen molar-refractivity contribution in [1.82, 2.24) is 5.32 Å². The molecule has 2 N–H and O–H groups in total. The number of aryl methyl sites for hydroxylation is 1. The number of anilines is 1. The maximum atomic E-state index is 12.7. The number of benzene rings is 2. The number of hydrogen-bond donors (Lipinski definition) is 2. The molecule has 2 aromatic rings. The van der Waals surface area contributed by atoms with Crippen molar-refractivity contribution < 1.29 is 19.1 Å². The van der Waals surface area contributed by atoms with Crippen LogP contribution in [0.25, 0.3) is 0 Å². The largest absolute Gasteiger partial charge is 0.493 e. The zero-order chi connectivity index (χ0) is 20.0. The molecule has 1 aliphatic rings. The van der Waals surface area contributed by atoms with E-state index in [2.05, 4.69) is 22.8 Å². The van der Waals surface area contributed by atoms with E-state index in [1.807, 2.05) is 18.2 Å². The van der Waals surface area contributed by atoms with Gasteiger partial charge in [-0.25, -0.2) is 0 Å². The van der Waals surface area contributed by atoms with Gasteiger partial charge in [0, 0.05) is 18.3 Å². The summed E-state index contributed by atoms with van der Waals surface area (Å²) in [7, 11) is 3.09. The third-order valence-corrected chi connectivity index (χ3v) is 5.03. The van der Waals surface area contributed by atoms with Gasteiger partial charge in [0.05, 0.1) is 14.2 Å². The van der Waals surface area contributed by atoms with E-state index in [1.165, 1.54) is 12.7 Å². The normalized spacial score (nSPS) is 14.1. The van der Waals surface area contributed by atoms with Crippen molar-refractivity contribution in [2.24, 2.45) is 5.41 Å². The lowest BCUT2D eigenvalue weighted by molar-refractivity contribution is -0.134. The molecule has 0 unspecified atom stereocenters. The number of hydrogen-bond acceptors (Lipinski definition) is 4. The van der Waals surface area contributed by atoms with Gasteiger partial charge in [-0.1, -0.05) is 30.3 Å². The average Bonchev–Trinajstić information content (AvgIpc) is 3.54. The van der Waals surface area contributed by atoms with Crippen molar-refractivity contribution in [2.75, 3.05) is 26.1 Å². The highest BCUT2D eigenvalue weighted by Gasteiger charge is 2.56. The Labute approximate surface area is 165 Å². The first-order valence-electron chi connectivity index (χ1n) is 9.45. The van der Waals surface area contributed by atoms with Crippen molar-refractivity contribution >= 4 is 17.5 Å². The minimum atomic E-state index is -0.958. The van der Waals surface area contributed by atoms with Crippen molar-refractivity contribution in [3.8, 4) is 11.5 Å². The molecule has 0 saturated heterocycles. The fourth-order valence-electron chi connectivity index (χ4n) is 3.16. The topological polar surface area (TPSA) is 76.7 Å². The SMILES string of the molecule is COc1ccc(NC(=O)C2(C(=O)NCCCc3ccccc3)CC2)cc1OC. The molecule has 1 fully saturated rings. The van der Waals surface area contributed by atoms with Gasteiger partial charge in [-0.3, -0.25) is 9.59 Å². The Hall–Kier alpha value is -3.02. The summed E-state index contributed by atoms with van der Waals surface area (Å²) in [4.78, 5) is 25.3. The minimum absolute atomic E-state index is 0.196. The van der Waals surface area contributed by atoms with Crippen LogP contribution < -0.4 is 20.1 Å². The number of methoxy groups -OCH3 is 2. The van der Waals surface area contributed by atoms with Gasteiger partial charge in [0.15, 0.2) is 11.5 Å². The zero-order valence-corrected chi connectivity index (χ0v) is 16.3. The number of ether oxygens (including phenoxy) is 2. The zero-order valence-electron chi connectivity index (χ0n) is 16.3. The smallest absolute Gasteiger partial charge is 0.240 e. The quantitative estimate of drug-likeness (QED) is 0.516. The summed E-state index contributed by atoms with van der Waals surface area (Å²) in [6.45, 7) is 0.555. The van der Waals surface area contributed by atoms with E-state index in [-0.39, 0.29) is 11.8 Å². The molecule has 0 spiro atoms. The number of rotatable bonds is 9. The van der Waals surface area contributed by atoms with Crippen molar-refractivity contribution in [1.29, 1.82) is 0 Å². The lowest BCUT2D eigenvalue weighted by Crippen LogP contribution is -2.40. The van der Waals surface area contributed by atoms with Crippen LogP contribution in [0.4, 0.5) is 5.69 Å². The van der Waals surface area contributed by atoms with E-state index in [4.69, 9.17) is 9.47 Å². The van der Waals surface area contributed by atoms with Crippen LogP contribution in [0.1, 0.15) is 24.8 Å². The fourth-order valence-corrected chi connectivity index (χ4v) is 3.16. The molecule has 6 heteroatoms. The monoisotopic (exact) mass is 382 g/mol. The van der Waals surface area contributed by atoms with Gasteiger partial charge in [0.1, 0.15) is 5.41 Å². The Morgan fingerprint density at radius 1 is 0.964 bits per heavy atom. The Balaban J connectivity index is 1.52. The second kappa shape index (κ2) is 8.78. The third kappa shape index (κ3) is 4.44. The maximum Gasteiger partial charge on any atom is 0.240 e. The maximum absolute atomic E-state index is 12.7. The highest BCUT2D eigenvalue weighted by molar-refractivity contribution is 6.13. The second-order valence-corrected chi connectivity index (χ2v) is 6.95. The standard InChI is InChI=1S/C22H26N2O4/c1-27-18-11-10-17(15-19(18)28-2)24-21(26)22(12-13-22)20(25)23-14-6-9-16-7-4-3-5-8-16/h3-5,7-8,10-11,15H,6,9,12-14H2,1-2H3,(H,23,25)(H,24,26). The highest BCUT2D eigenvalue weighted by Crippen LogP contribution is 2.47. The van der Waals surface area contributed by atoms with Crippen LogP contribution in [0.15, 0.2) is 48.5 Å². The molecule has 0 heterocycles. The van der Waals surface area contributed by atoms with Crippen molar-refractivity contribution in [3.05, 3.63) is 54.1 Å². The molecule has 148 valence electrons. The van der Waals surface area contributed by atoms with Gasteiger partial charge in [0.2, 0.25) is 11.8 Å². The highest BCUT2D eigenvalue weighted by atomic mass is 16.5. The minimum Gasteiger partial charge on any atom is -0.493 e. The Kier molecular flexibility index (Phi) is 6.19. The van der Waals surface area contributed by atoms with E-state index >= 15 is 0 Å². The van der Waals surface area contributed by atoms with Gasteiger partial charge in [-0.05, 0) is 43.4 Å². The summed E-state index contributed by atoms with van der Waals surface area (Å²) in [5.41, 5.74) is 0.856. The molecule has 0 atom stereocenters. The second-order valence-electron chi connectivity index (χ2n) is 6.95. The van der Waals surface area contributed by atoms with E-state index in [1.54, 1.807) is 25.3 Å². The third-order valence-electron chi connectivity index (χ3n) is 5.03. The van der Waals surface area contributed by atoms with Crippen LogP contribution in [-0.2, 0) is 16.0 Å². The molecule has 6 nitrogen and oxygen atoms in total. The van der Waals surface area contributed by atoms with Crippen LogP contribution in [0.5, 0.6) is 11.5 Å². The predicted octanol–water partition coefficient (Wildman–Crippen LogP) is 3.17. The van der Waals surface area contributed by atoms with Gasteiger partial charge in [0.25, 0.3) is 0 Å². The average molecular weight is 382 g/mol. The lowest BCUT2D eigenvalue weighted by atomic mass is 10.0. The number of carbonyl (C=O) groups excluding carboxylic acids is 2. The summed E-state index contributed by atoms with van der Waals surface area (Å²) < 4.78 is 10.5. The van der Waals surface area contributed by atoms with Gasteiger partial charge in [-0.2, -0.15) is 0 Å². The summed E-state index contributed by atoms with van der Waals surface area (Å²) in [5.74, 6) is 0.632.